The molecule has 5 nitrogen and oxygen atoms in total. The maximum atomic E-state index is 11.8. The molecule has 0 bridgehead atoms. The molecule has 1 fully saturated rings. The number of halogens is 3. The zero-order valence-electron chi connectivity index (χ0n) is 10.7. The van der Waals surface area contributed by atoms with Gasteiger partial charge in [0, 0.05) is 26.2 Å². The van der Waals surface area contributed by atoms with Crippen molar-refractivity contribution < 1.29 is 32.5 Å². The van der Waals surface area contributed by atoms with Crippen molar-refractivity contribution in [2.75, 3.05) is 39.5 Å². The molecular weight excluding hydrogens is 267 g/mol. The summed E-state index contributed by atoms with van der Waals surface area (Å²) in [5.74, 6) is -1.01. The van der Waals surface area contributed by atoms with Gasteiger partial charge in [-0.05, 0) is 13.3 Å². The first kappa shape index (κ1) is 16.2. The summed E-state index contributed by atoms with van der Waals surface area (Å²) in [7, 11) is 0. The van der Waals surface area contributed by atoms with E-state index in [1.807, 2.05) is 11.8 Å². The monoisotopic (exact) mass is 285 g/mol. The lowest BCUT2D eigenvalue weighted by atomic mass is 9.96. The van der Waals surface area contributed by atoms with Crippen molar-refractivity contribution >= 4 is 5.97 Å². The van der Waals surface area contributed by atoms with Gasteiger partial charge in [-0.15, -0.1) is 0 Å². The second-order valence-corrected chi connectivity index (χ2v) is 4.86. The molecule has 0 spiro atoms. The SMILES string of the molecule is CC1(OCC(=O)O)CN(CCCOCC(F)(F)F)C1. The number of ether oxygens (including phenoxy) is 2. The summed E-state index contributed by atoms with van der Waals surface area (Å²) in [6, 6.07) is 0. The molecule has 112 valence electrons. The lowest BCUT2D eigenvalue weighted by Crippen LogP contribution is -2.61. The van der Waals surface area contributed by atoms with E-state index in [9.17, 15) is 18.0 Å². The fourth-order valence-corrected chi connectivity index (χ4v) is 1.96. The first-order valence-electron chi connectivity index (χ1n) is 5.93. The van der Waals surface area contributed by atoms with Gasteiger partial charge in [-0.1, -0.05) is 0 Å². The Morgan fingerprint density at radius 2 is 2.05 bits per heavy atom. The number of carboxylic acids is 1. The Bertz CT molecular complexity index is 303. The summed E-state index contributed by atoms with van der Waals surface area (Å²) < 4.78 is 45.0. The number of nitrogens with zero attached hydrogens (tertiary/aromatic N) is 1. The number of carbonyl (C=O) groups is 1. The lowest BCUT2D eigenvalue weighted by molar-refractivity contribution is -0.176. The molecule has 0 aromatic heterocycles. The van der Waals surface area contributed by atoms with E-state index in [-0.39, 0.29) is 13.2 Å². The van der Waals surface area contributed by atoms with E-state index >= 15 is 0 Å². The summed E-state index contributed by atoms with van der Waals surface area (Å²) in [5.41, 5.74) is -0.467. The Hall–Kier alpha value is -0.860. The van der Waals surface area contributed by atoms with Crippen LogP contribution in [0, 0.1) is 0 Å². The summed E-state index contributed by atoms with van der Waals surface area (Å²) in [5, 5.41) is 8.48. The molecule has 0 amide bonds. The van der Waals surface area contributed by atoms with Gasteiger partial charge in [-0.25, -0.2) is 4.79 Å². The topological polar surface area (TPSA) is 59.0 Å². The fraction of sp³-hybridized carbons (Fsp3) is 0.909. The smallest absolute Gasteiger partial charge is 0.411 e. The summed E-state index contributed by atoms with van der Waals surface area (Å²) in [6.45, 7) is 2.10. The molecule has 1 rings (SSSR count). The summed E-state index contributed by atoms with van der Waals surface area (Å²) >= 11 is 0. The van der Waals surface area contributed by atoms with Crippen LogP contribution in [-0.2, 0) is 14.3 Å². The number of carboxylic acid groups (broad SMARTS) is 1. The standard InChI is InChI=1S/C11H18F3NO4/c1-10(19-5-9(16)17)6-15(7-10)3-2-4-18-8-11(12,13)14/h2-8H2,1H3,(H,16,17). The van der Waals surface area contributed by atoms with Crippen molar-refractivity contribution in [2.24, 2.45) is 0 Å². The zero-order chi connectivity index (χ0) is 14.5. The molecule has 1 aliphatic heterocycles. The van der Waals surface area contributed by atoms with Crippen LogP contribution in [0.2, 0.25) is 0 Å². The van der Waals surface area contributed by atoms with E-state index in [1.165, 1.54) is 0 Å². The first-order chi connectivity index (χ1) is 8.70. The zero-order valence-corrected chi connectivity index (χ0v) is 10.7. The molecule has 0 saturated carbocycles. The predicted molar refractivity (Wildman–Crippen MR) is 59.9 cm³/mol. The second kappa shape index (κ2) is 6.53. The summed E-state index contributed by atoms with van der Waals surface area (Å²) in [4.78, 5) is 12.3. The van der Waals surface area contributed by atoms with Crippen LogP contribution in [0.5, 0.6) is 0 Å². The van der Waals surface area contributed by atoms with Gasteiger partial charge in [0.25, 0.3) is 0 Å². The predicted octanol–water partition coefficient (Wildman–Crippen LogP) is 1.13. The lowest BCUT2D eigenvalue weighted by Gasteiger charge is -2.47. The van der Waals surface area contributed by atoms with Crippen molar-refractivity contribution in [3.8, 4) is 0 Å². The number of hydrogen-bond donors (Lipinski definition) is 1. The second-order valence-electron chi connectivity index (χ2n) is 4.86. The molecule has 1 heterocycles. The fourth-order valence-electron chi connectivity index (χ4n) is 1.96. The van der Waals surface area contributed by atoms with Gasteiger partial charge in [0.1, 0.15) is 13.2 Å². The van der Waals surface area contributed by atoms with Crippen LogP contribution < -0.4 is 0 Å². The van der Waals surface area contributed by atoms with Crippen LogP contribution in [-0.4, -0.2) is 67.2 Å². The number of likely N-dealkylation sites (tertiary alicyclic amines) is 1. The van der Waals surface area contributed by atoms with E-state index < -0.39 is 24.4 Å². The highest BCUT2D eigenvalue weighted by molar-refractivity contribution is 5.68. The molecule has 1 N–H and O–H groups in total. The molecule has 8 heteroatoms. The molecule has 0 radical (unpaired) electrons. The minimum atomic E-state index is -4.28. The maximum Gasteiger partial charge on any atom is 0.411 e. The molecule has 19 heavy (non-hydrogen) atoms. The quantitative estimate of drug-likeness (QED) is 0.678. The van der Waals surface area contributed by atoms with Crippen LogP contribution in [0.4, 0.5) is 13.2 Å². The Morgan fingerprint density at radius 1 is 1.42 bits per heavy atom. The van der Waals surface area contributed by atoms with E-state index in [0.29, 0.717) is 26.1 Å². The highest BCUT2D eigenvalue weighted by atomic mass is 19.4. The Balaban J connectivity index is 2.01. The van der Waals surface area contributed by atoms with E-state index in [4.69, 9.17) is 9.84 Å². The highest BCUT2D eigenvalue weighted by Crippen LogP contribution is 2.24. The minimum Gasteiger partial charge on any atom is -0.480 e. The third kappa shape index (κ3) is 6.74. The summed E-state index contributed by atoms with van der Waals surface area (Å²) in [6.07, 6.45) is -3.77. The van der Waals surface area contributed by atoms with Crippen LogP contribution in [0.1, 0.15) is 13.3 Å². The van der Waals surface area contributed by atoms with Gasteiger partial charge in [0.15, 0.2) is 0 Å². The van der Waals surface area contributed by atoms with Gasteiger partial charge in [0.05, 0.1) is 5.60 Å². The number of hydrogen-bond acceptors (Lipinski definition) is 4. The molecule has 0 aliphatic carbocycles. The molecule has 0 unspecified atom stereocenters. The third-order valence-corrected chi connectivity index (χ3v) is 2.69. The van der Waals surface area contributed by atoms with Crippen LogP contribution in [0.25, 0.3) is 0 Å². The highest BCUT2D eigenvalue weighted by Gasteiger charge is 2.39. The van der Waals surface area contributed by atoms with Gasteiger partial charge in [0.2, 0.25) is 0 Å². The molecule has 1 saturated heterocycles. The van der Waals surface area contributed by atoms with Crippen LogP contribution in [0.15, 0.2) is 0 Å². The van der Waals surface area contributed by atoms with Crippen molar-refractivity contribution in [3.63, 3.8) is 0 Å². The molecule has 0 atom stereocenters. The Labute approximate surface area is 109 Å². The van der Waals surface area contributed by atoms with Crippen molar-refractivity contribution in [2.45, 2.75) is 25.1 Å². The number of alkyl halides is 3. The van der Waals surface area contributed by atoms with Crippen molar-refractivity contribution in [1.82, 2.24) is 4.90 Å². The molecule has 0 aromatic rings. The van der Waals surface area contributed by atoms with Crippen LogP contribution in [0.3, 0.4) is 0 Å². The number of rotatable bonds is 8. The van der Waals surface area contributed by atoms with Gasteiger partial charge >= 0.3 is 12.1 Å². The van der Waals surface area contributed by atoms with Gasteiger partial charge in [-0.3, -0.25) is 4.90 Å². The number of aliphatic carboxylic acids is 1. The Morgan fingerprint density at radius 3 is 2.58 bits per heavy atom. The average molecular weight is 285 g/mol. The molecule has 0 aromatic carbocycles. The largest absolute Gasteiger partial charge is 0.480 e. The van der Waals surface area contributed by atoms with Gasteiger partial charge in [-0.2, -0.15) is 13.2 Å². The van der Waals surface area contributed by atoms with Gasteiger partial charge < -0.3 is 14.6 Å². The normalized spacial score (nSPS) is 19.2. The van der Waals surface area contributed by atoms with E-state index in [1.54, 1.807) is 0 Å². The molecule has 1 aliphatic rings. The average Bonchev–Trinajstić information content (AvgIpc) is 2.21. The van der Waals surface area contributed by atoms with E-state index in [0.717, 1.165) is 0 Å². The van der Waals surface area contributed by atoms with Crippen molar-refractivity contribution in [3.05, 3.63) is 0 Å². The Kier molecular flexibility index (Phi) is 5.57. The van der Waals surface area contributed by atoms with Crippen molar-refractivity contribution in [1.29, 1.82) is 0 Å². The third-order valence-electron chi connectivity index (χ3n) is 2.69. The van der Waals surface area contributed by atoms with E-state index in [2.05, 4.69) is 4.74 Å². The first-order valence-corrected chi connectivity index (χ1v) is 5.93. The van der Waals surface area contributed by atoms with Crippen LogP contribution >= 0.6 is 0 Å². The minimum absolute atomic E-state index is 0.0582. The molecular formula is C11H18F3NO4. The maximum absolute atomic E-state index is 11.8.